The van der Waals surface area contributed by atoms with Crippen molar-refractivity contribution < 1.29 is 65.3 Å². The minimum Gasteiger partial charge on any atom is -0.497 e. The van der Waals surface area contributed by atoms with Crippen LogP contribution in [0.15, 0.2) is 85.1 Å². The molecule has 0 aliphatic carbocycles. The van der Waals surface area contributed by atoms with Crippen LogP contribution in [0.3, 0.4) is 0 Å². The number of hydrogen-bond donors (Lipinski definition) is 5. The molecule has 0 aliphatic heterocycles. The number of anilines is 4. The molecule has 2 amide bonds. The Hall–Kier alpha value is -5.81. The molecule has 0 unspecified atom stereocenters. The molecule has 0 bridgehead atoms. The Bertz CT molecular complexity index is 2440. The summed E-state index contributed by atoms with van der Waals surface area (Å²) in [5.41, 5.74) is 2.77. The van der Waals surface area contributed by atoms with Crippen LogP contribution in [0.1, 0.15) is 31.9 Å². The van der Waals surface area contributed by atoms with Crippen LogP contribution in [-0.4, -0.2) is 133 Å². The molecule has 0 fully saturated rings. The second-order valence-corrected chi connectivity index (χ2v) is 17.1. The number of aromatic nitrogens is 1. The van der Waals surface area contributed by atoms with Gasteiger partial charge in [-0.25, -0.2) is 22.9 Å². The highest BCUT2D eigenvalue weighted by Crippen LogP contribution is 2.38. The van der Waals surface area contributed by atoms with Gasteiger partial charge in [0.15, 0.2) is 0 Å². The van der Waals surface area contributed by atoms with E-state index in [-0.39, 0.29) is 12.0 Å². The number of nitrogens with one attached hydrogen (secondary N) is 4. The number of urea groups is 1. The predicted octanol–water partition coefficient (Wildman–Crippen LogP) is 7.47. The Morgan fingerprint density at radius 2 is 1.19 bits per heavy atom. The van der Waals surface area contributed by atoms with Crippen LogP contribution in [0, 0.1) is 0 Å². The van der Waals surface area contributed by atoms with E-state index in [1.165, 1.54) is 7.11 Å². The quantitative estimate of drug-likeness (QED) is 0.0204. The zero-order valence-electron chi connectivity index (χ0n) is 40.8. The van der Waals surface area contributed by atoms with Crippen LogP contribution in [0.4, 0.5) is 27.7 Å². The summed E-state index contributed by atoms with van der Waals surface area (Å²) in [4.78, 5) is 18.1. The third kappa shape index (κ3) is 19.2. The van der Waals surface area contributed by atoms with Crippen molar-refractivity contribution in [2.45, 2.75) is 32.7 Å². The number of methoxy groups -OCH3 is 3. The fraction of sp³-hybridized carbons (Fsp3) is 0.440. The fourth-order valence-corrected chi connectivity index (χ4v) is 7.01. The first-order chi connectivity index (χ1) is 34.0. The van der Waals surface area contributed by atoms with Gasteiger partial charge in [-0.15, -0.1) is 0 Å². The van der Waals surface area contributed by atoms with Crippen molar-refractivity contribution in [2.24, 2.45) is 0 Å². The monoisotopic (exact) mass is 993 g/mol. The van der Waals surface area contributed by atoms with Gasteiger partial charge in [-0.05, 0) is 35.2 Å². The van der Waals surface area contributed by atoms with Crippen LogP contribution < -0.4 is 39.6 Å². The summed E-state index contributed by atoms with van der Waals surface area (Å²) in [6, 6.07) is 23.2. The van der Waals surface area contributed by atoms with Crippen molar-refractivity contribution in [3.05, 3.63) is 96.2 Å². The largest absolute Gasteiger partial charge is 0.497 e. The molecular formula is C50H67N5O14S. The molecule has 5 rings (SSSR count). The average Bonchev–Trinajstić information content (AvgIpc) is 3.34. The zero-order valence-corrected chi connectivity index (χ0v) is 41.7. The van der Waals surface area contributed by atoms with Crippen LogP contribution in [-0.2, 0) is 56.0 Å². The number of pyridine rings is 1. The SMILES string of the molecule is COCCOCCOCCOCCOCCOCCOCCOc1cc(Nc2cc(Oc3ccc(NC(=O)Nc4cc(C(C)(C)C)cc(CN[SH](=O)=O)c4OC)c4ccccc34)ccn2)cc(OC)c1. The number of carbonyl (C=O) groups excluding carboxylic acids is 1. The molecule has 1 aromatic heterocycles. The van der Waals surface area contributed by atoms with Crippen molar-refractivity contribution in [1.29, 1.82) is 0 Å². The Kier molecular flexibility index (Phi) is 23.7. The summed E-state index contributed by atoms with van der Waals surface area (Å²) < 4.78 is 86.7. The molecule has 0 aliphatic rings. The van der Waals surface area contributed by atoms with Gasteiger partial charge < -0.3 is 68.1 Å². The van der Waals surface area contributed by atoms with E-state index >= 15 is 0 Å². The smallest absolute Gasteiger partial charge is 0.323 e. The molecule has 382 valence electrons. The van der Waals surface area contributed by atoms with Gasteiger partial charge in [-0.1, -0.05) is 51.1 Å². The highest BCUT2D eigenvalue weighted by Gasteiger charge is 2.21. The lowest BCUT2D eigenvalue weighted by atomic mass is 9.85. The zero-order chi connectivity index (χ0) is 50.0. The van der Waals surface area contributed by atoms with E-state index in [0.717, 1.165) is 16.3 Å². The number of nitrogens with zero attached hydrogens (tertiary/aromatic N) is 1. The lowest BCUT2D eigenvalue weighted by molar-refractivity contribution is -0.0199. The Morgan fingerprint density at radius 1 is 0.600 bits per heavy atom. The molecule has 4 N–H and O–H groups in total. The van der Waals surface area contributed by atoms with Gasteiger partial charge in [0.25, 0.3) is 0 Å². The molecule has 70 heavy (non-hydrogen) atoms. The van der Waals surface area contributed by atoms with E-state index in [1.54, 1.807) is 50.7 Å². The molecule has 0 saturated heterocycles. The first kappa shape index (κ1) is 55.1. The number of carbonyl (C=O) groups is 1. The molecular weight excluding hydrogens is 927 g/mol. The molecule has 1 heterocycles. The molecule has 19 nitrogen and oxygen atoms in total. The summed E-state index contributed by atoms with van der Waals surface area (Å²) in [5.74, 6) is 3.10. The summed E-state index contributed by atoms with van der Waals surface area (Å²) >= 11 is 0. The maximum absolute atomic E-state index is 13.6. The Labute approximate surface area is 411 Å². The van der Waals surface area contributed by atoms with E-state index in [4.69, 9.17) is 52.1 Å². The van der Waals surface area contributed by atoms with E-state index < -0.39 is 16.9 Å². The van der Waals surface area contributed by atoms with Gasteiger partial charge in [-0.2, -0.15) is 0 Å². The lowest BCUT2D eigenvalue weighted by Gasteiger charge is -2.24. The van der Waals surface area contributed by atoms with Crippen molar-refractivity contribution in [3.63, 3.8) is 0 Å². The molecule has 0 spiro atoms. The normalized spacial score (nSPS) is 11.5. The van der Waals surface area contributed by atoms with E-state index in [9.17, 15) is 13.2 Å². The van der Waals surface area contributed by atoms with E-state index in [0.29, 0.717) is 150 Å². The molecule has 0 atom stereocenters. The van der Waals surface area contributed by atoms with Crippen LogP contribution >= 0.6 is 0 Å². The van der Waals surface area contributed by atoms with Crippen LogP contribution in [0.5, 0.6) is 28.7 Å². The molecule has 20 heteroatoms. The number of amides is 2. The summed E-state index contributed by atoms with van der Waals surface area (Å²) in [6.45, 7) is 12.6. The van der Waals surface area contributed by atoms with E-state index in [2.05, 4.69) is 25.7 Å². The van der Waals surface area contributed by atoms with Gasteiger partial charge in [0.1, 0.15) is 41.2 Å². The van der Waals surface area contributed by atoms with Crippen LogP contribution in [0.25, 0.3) is 10.8 Å². The maximum Gasteiger partial charge on any atom is 0.323 e. The highest BCUT2D eigenvalue weighted by atomic mass is 32.2. The fourth-order valence-electron chi connectivity index (χ4n) is 6.71. The van der Waals surface area contributed by atoms with Crippen LogP contribution in [0.2, 0.25) is 0 Å². The second kappa shape index (κ2) is 30.0. The summed E-state index contributed by atoms with van der Waals surface area (Å²) in [6.07, 6.45) is 1.64. The first-order valence-electron chi connectivity index (χ1n) is 22.8. The standard InChI is InChI=1S/C50H67N5O14S/c1-50(2,3)37-29-36(35-52-70(57)58)48(61-6)45(30-37)55-49(56)54-44-11-12-46(43-10-8-7-9-42(43)44)69-39-13-14-51-47(34-39)53-38-31-40(60-5)33-41(32-38)68-28-27-67-26-25-66-24-23-65-22-21-64-20-19-63-18-17-62-16-15-59-4/h7-14,29-34,70H,15-28,35H2,1-6H3,(H,51,53)(H,52,57,58)(H2,54,55,56). The second-order valence-electron chi connectivity index (χ2n) is 16.3. The van der Waals surface area contributed by atoms with Crippen molar-refractivity contribution >= 4 is 50.6 Å². The molecule has 0 radical (unpaired) electrons. The molecule has 5 aromatic rings. The summed E-state index contributed by atoms with van der Waals surface area (Å²) in [7, 11) is 1.85. The van der Waals surface area contributed by atoms with Gasteiger partial charge >= 0.3 is 6.03 Å². The van der Waals surface area contributed by atoms with Gasteiger partial charge in [0.05, 0.1) is 111 Å². The topological polar surface area (TPSA) is 214 Å². The average molecular weight is 994 g/mol. The van der Waals surface area contributed by atoms with Gasteiger partial charge in [0, 0.05) is 66.1 Å². The van der Waals surface area contributed by atoms with E-state index in [1.807, 2.05) is 69.3 Å². The predicted molar refractivity (Wildman–Crippen MR) is 268 cm³/mol. The molecule has 0 saturated carbocycles. The van der Waals surface area contributed by atoms with Crippen molar-refractivity contribution in [1.82, 2.24) is 9.71 Å². The summed E-state index contributed by atoms with van der Waals surface area (Å²) in [5, 5.41) is 10.7. The number of hydrogen-bond acceptors (Lipinski definition) is 16. The minimum atomic E-state index is -2.84. The van der Waals surface area contributed by atoms with Gasteiger partial charge in [-0.3, -0.25) is 0 Å². The maximum atomic E-state index is 13.6. The lowest BCUT2D eigenvalue weighted by Crippen LogP contribution is -2.22. The first-order valence-corrected chi connectivity index (χ1v) is 24.0. The van der Waals surface area contributed by atoms with Crippen molar-refractivity contribution in [3.8, 4) is 28.7 Å². The van der Waals surface area contributed by atoms with Gasteiger partial charge in [0.2, 0.25) is 10.9 Å². The number of fused-ring (bicyclic) bond motifs is 1. The number of ether oxygens (including phenoxy) is 11. The Morgan fingerprint density at radius 3 is 1.77 bits per heavy atom. The molecule has 4 aromatic carbocycles. The Balaban J connectivity index is 1.07. The highest BCUT2D eigenvalue weighted by molar-refractivity contribution is 7.70. The third-order valence-corrected chi connectivity index (χ3v) is 10.6. The number of benzene rings is 4. The van der Waals surface area contributed by atoms with Crippen molar-refractivity contribution in [2.75, 3.05) is 130 Å². The third-order valence-electron chi connectivity index (χ3n) is 10.2. The number of rotatable bonds is 33. The minimum absolute atomic E-state index is 0.00155. The number of thiol groups is 1.